The maximum atomic E-state index is 12.2. The fourth-order valence-corrected chi connectivity index (χ4v) is 3.75. The van der Waals surface area contributed by atoms with Crippen LogP contribution in [0.2, 0.25) is 5.02 Å². The van der Waals surface area contributed by atoms with Gasteiger partial charge in [-0.05, 0) is 42.4 Å². The SMILES string of the molecule is Cc1ccc(N=C2NC(=O)C(=Cc3ccc(N4CCOCC4)o3)S2)cc1Cl. The zero-order valence-electron chi connectivity index (χ0n) is 14.7. The number of carbonyl (C=O) groups excluding carboxylic acids is 1. The van der Waals surface area contributed by atoms with Crippen molar-refractivity contribution in [2.24, 2.45) is 4.99 Å². The van der Waals surface area contributed by atoms with E-state index in [4.69, 9.17) is 20.8 Å². The third kappa shape index (κ3) is 4.21. The molecule has 2 fully saturated rings. The van der Waals surface area contributed by atoms with Crippen LogP contribution >= 0.6 is 23.4 Å². The zero-order valence-corrected chi connectivity index (χ0v) is 16.3. The molecule has 0 radical (unpaired) electrons. The van der Waals surface area contributed by atoms with Crippen molar-refractivity contribution < 1.29 is 13.9 Å². The number of nitrogens with one attached hydrogen (secondary N) is 1. The fourth-order valence-electron chi connectivity index (χ4n) is 2.75. The van der Waals surface area contributed by atoms with Crippen LogP contribution in [-0.2, 0) is 9.53 Å². The number of ether oxygens (including phenoxy) is 1. The van der Waals surface area contributed by atoms with Crippen LogP contribution in [-0.4, -0.2) is 37.4 Å². The first-order chi connectivity index (χ1) is 13.1. The fraction of sp³-hybridized carbons (Fsp3) is 0.263. The van der Waals surface area contributed by atoms with Crippen molar-refractivity contribution in [1.29, 1.82) is 0 Å². The molecule has 2 aromatic rings. The van der Waals surface area contributed by atoms with E-state index in [1.807, 2.05) is 31.2 Å². The van der Waals surface area contributed by atoms with Gasteiger partial charge in [0.15, 0.2) is 11.1 Å². The number of furan rings is 1. The molecule has 0 saturated carbocycles. The number of thioether (sulfide) groups is 1. The molecule has 140 valence electrons. The molecule has 1 amide bonds. The molecule has 27 heavy (non-hydrogen) atoms. The summed E-state index contributed by atoms with van der Waals surface area (Å²) in [5.41, 5.74) is 1.68. The molecule has 4 rings (SSSR count). The second-order valence-electron chi connectivity index (χ2n) is 6.19. The Labute approximate surface area is 166 Å². The third-order valence-electron chi connectivity index (χ3n) is 4.25. The molecule has 1 aromatic heterocycles. The van der Waals surface area contributed by atoms with Gasteiger partial charge in [-0.3, -0.25) is 4.79 Å². The topological polar surface area (TPSA) is 67.1 Å². The summed E-state index contributed by atoms with van der Waals surface area (Å²) in [6, 6.07) is 9.32. The Morgan fingerprint density at radius 1 is 1.26 bits per heavy atom. The van der Waals surface area contributed by atoms with Crippen LogP contribution in [0.1, 0.15) is 11.3 Å². The van der Waals surface area contributed by atoms with Gasteiger partial charge in [-0.2, -0.15) is 0 Å². The van der Waals surface area contributed by atoms with Gasteiger partial charge in [-0.25, -0.2) is 4.99 Å². The van der Waals surface area contributed by atoms with Gasteiger partial charge in [0, 0.05) is 30.3 Å². The number of morpholine rings is 1. The van der Waals surface area contributed by atoms with E-state index >= 15 is 0 Å². The Kier molecular flexibility index (Phi) is 5.24. The van der Waals surface area contributed by atoms with Crippen molar-refractivity contribution in [2.45, 2.75) is 6.92 Å². The smallest absolute Gasteiger partial charge is 0.264 e. The van der Waals surface area contributed by atoms with Crippen molar-refractivity contribution in [1.82, 2.24) is 5.32 Å². The van der Waals surface area contributed by atoms with Crippen molar-refractivity contribution in [2.75, 3.05) is 31.2 Å². The molecule has 0 unspecified atom stereocenters. The molecular formula is C19H18ClN3O3S. The Balaban J connectivity index is 1.49. The highest BCUT2D eigenvalue weighted by Crippen LogP contribution is 2.30. The molecule has 2 saturated heterocycles. The van der Waals surface area contributed by atoms with Crippen LogP contribution in [0.5, 0.6) is 0 Å². The predicted molar refractivity (Wildman–Crippen MR) is 109 cm³/mol. The van der Waals surface area contributed by atoms with Crippen LogP contribution in [0.15, 0.2) is 44.6 Å². The average Bonchev–Trinajstić information content (AvgIpc) is 3.26. The number of aliphatic imine (C=N–C) groups is 1. The van der Waals surface area contributed by atoms with E-state index in [2.05, 4.69) is 15.2 Å². The van der Waals surface area contributed by atoms with Crippen LogP contribution in [0.3, 0.4) is 0 Å². The van der Waals surface area contributed by atoms with Gasteiger partial charge in [0.2, 0.25) is 0 Å². The lowest BCUT2D eigenvalue weighted by Gasteiger charge is -2.26. The number of anilines is 1. The first kappa shape index (κ1) is 18.2. The number of halogens is 1. The molecule has 3 heterocycles. The minimum absolute atomic E-state index is 0.193. The molecule has 8 heteroatoms. The maximum absolute atomic E-state index is 12.2. The van der Waals surface area contributed by atoms with Crippen LogP contribution in [0.4, 0.5) is 11.6 Å². The first-order valence-electron chi connectivity index (χ1n) is 8.57. The number of rotatable bonds is 3. The molecule has 0 bridgehead atoms. The Bertz CT molecular complexity index is 932. The summed E-state index contributed by atoms with van der Waals surface area (Å²) in [5, 5.41) is 3.94. The Morgan fingerprint density at radius 3 is 2.85 bits per heavy atom. The molecule has 1 N–H and O–H groups in total. The minimum atomic E-state index is -0.193. The lowest BCUT2D eigenvalue weighted by molar-refractivity contribution is -0.115. The summed E-state index contributed by atoms with van der Waals surface area (Å²) in [6.45, 7) is 4.92. The predicted octanol–water partition coefficient (Wildman–Crippen LogP) is 3.97. The van der Waals surface area contributed by atoms with E-state index < -0.39 is 0 Å². The first-order valence-corrected chi connectivity index (χ1v) is 9.76. The van der Waals surface area contributed by atoms with E-state index in [1.54, 1.807) is 12.1 Å². The number of hydrogen-bond acceptors (Lipinski definition) is 6. The highest BCUT2D eigenvalue weighted by atomic mass is 35.5. The number of nitrogens with zero attached hydrogens (tertiary/aromatic N) is 2. The molecule has 6 nitrogen and oxygen atoms in total. The van der Waals surface area contributed by atoms with E-state index in [1.165, 1.54) is 11.8 Å². The summed E-state index contributed by atoms with van der Waals surface area (Å²) < 4.78 is 11.2. The van der Waals surface area contributed by atoms with Crippen molar-refractivity contribution in [3.63, 3.8) is 0 Å². The van der Waals surface area contributed by atoms with Gasteiger partial charge in [-0.15, -0.1) is 0 Å². The normalized spacial score (nSPS) is 20.5. The minimum Gasteiger partial charge on any atom is -0.441 e. The van der Waals surface area contributed by atoms with E-state index in [0.717, 1.165) is 24.5 Å². The van der Waals surface area contributed by atoms with Crippen molar-refractivity contribution in [3.05, 3.63) is 51.6 Å². The maximum Gasteiger partial charge on any atom is 0.264 e. The lowest BCUT2D eigenvalue weighted by atomic mass is 10.2. The highest BCUT2D eigenvalue weighted by Gasteiger charge is 2.24. The van der Waals surface area contributed by atoms with E-state index in [9.17, 15) is 4.79 Å². The van der Waals surface area contributed by atoms with Crippen LogP contribution < -0.4 is 10.2 Å². The summed E-state index contributed by atoms with van der Waals surface area (Å²) in [7, 11) is 0. The van der Waals surface area contributed by atoms with Gasteiger partial charge in [0.25, 0.3) is 5.91 Å². The largest absolute Gasteiger partial charge is 0.441 e. The quantitative estimate of drug-likeness (QED) is 0.785. The van der Waals surface area contributed by atoms with Gasteiger partial charge in [-0.1, -0.05) is 17.7 Å². The zero-order chi connectivity index (χ0) is 18.8. The summed E-state index contributed by atoms with van der Waals surface area (Å²) in [4.78, 5) is 19.3. The average molecular weight is 404 g/mol. The number of amidine groups is 1. The van der Waals surface area contributed by atoms with E-state index in [-0.39, 0.29) is 5.91 Å². The van der Waals surface area contributed by atoms with Crippen LogP contribution in [0, 0.1) is 6.92 Å². The number of hydrogen-bond donors (Lipinski definition) is 1. The molecule has 0 atom stereocenters. The molecule has 0 spiro atoms. The second kappa shape index (κ2) is 7.80. The lowest BCUT2D eigenvalue weighted by Crippen LogP contribution is -2.35. The van der Waals surface area contributed by atoms with Gasteiger partial charge < -0.3 is 19.4 Å². The standard InChI is InChI=1S/C19H18ClN3O3S/c1-12-2-3-13(10-15(12)20)21-19-22-18(24)16(27-19)11-14-4-5-17(26-14)23-6-8-25-9-7-23/h2-5,10-11H,6-9H2,1H3,(H,21,22,24). The Morgan fingerprint density at radius 2 is 2.07 bits per heavy atom. The number of benzene rings is 1. The summed E-state index contributed by atoms with van der Waals surface area (Å²) >= 11 is 7.41. The van der Waals surface area contributed by atoms with Crippen molar-refractivity contribution in [3.8, 4) is 0 Å². The third-order valence-corrected chi connectivity index (χ3v) is 5.56. The second-order valence-corrected chi connectivity index (χ2v) is 7.63. The highest BCUT2D eigenvalue weighted by molar-refractivity contribution is 8.18. The molecular weight excluding hydrogens is 386 g/mol. The van der Waals surface area contributed by atoms with Gasteiger partial charge >= 0.3 is 0 Å². The molecule has 2 aliphatic rings. The van der Waals surface area contributed by atoms with Gasteiger partial charge in [0.1, 0.15) is 5.76 Å². The molecule has 0 aliphatic carbocycles. The number of amides is 1. The van der Waals surface area contributed by atoms with Gasteiger partial charge in [0.05, 0.1) is 23.8 Å². The summed E-state index contributed by atoms with van der Waals surface area (Å²) in [5.74, 6) is 1.23. The summed E-state index contributed by atoms with van der Waals surface area (Å²) in [6.07, 6.45) is 1.73. The monoisotopic (exact) mass is 403 g/mol. The van der Waals surface area contributed by atoms with Crippen LogP contribution in [0.25, 0.3) is 6.08 Å². The number of carbonyl (C=O) groups is 1. The molecule has 2 aliphatic heterocycles. The van der Waals surface area contributed by atoms with Crippen molar-refractivity contribution >= 4 is 52.1 Å². The number of aryl methyl sites for hydroxylation is 1. The Hall–Kier alpha value is -2.22. The molecule has 1 aromatic carbocycles. The van der Waals surface area contributed by atoms with E-state index in [0.29, 0.717) is 39.8 Å².